The normalized spacial score (nSPS) is 17.9. The van der Waals surface area contributed by atoms with Crippen LogP contribution in [0.15, 0.2) is 27.6 Å². The standard InChI is InChI=1S/C13H18BrNO2S/c1-2-11-10-12(14)6-7-13(11)18(16,17)15-8-4-3-5-9-15/h6-7,10H,2-5,8-9H2,1H3. The lowest BCUT2D eigenvalue weighted by Gasteiger charge is -2.26. The lowest BCUT2D eigenvalue weighted by molar-refractivity contribution is 0.346. The minimum absolute atomic E-state index is 0.468. The number of piperidine rings is 1. The Morgan fingerprint density at radius 1 is 1.22 bits per heavy atom. The van der Waals surface area contributed by atoms with Crippen LogP contribution in [0.25, 0.3) is 0 Å². The Hall–Kier alpha value is -0.390. The molecule has 0 amide bonds. The monoisotopic (exact) mass is 331 g/mol. The number of rotatable bonds is 3. The molecule has 0 saturated carbocycles. The zero-order valence-electron chi connectivity index (χ0n) is 10.5. The Kier molecular flexibility index (Phi) is 4.45. The summed E-state index contributed by atoms with van der Waals surface area (Å²) in [5.41, 5.74) is 0.884. The molecule has 0 unspecified atom stereocenters. The molecule has 0 radical (unpaired) electrons. The molecule has 0 bridgehead atoms. The summed E-state index contributed by atoms with van der Waals surface area (Å²) < 4.78 is 27.7. The molecular weight excluding hydrogens is 314 g/mol. The Labute approximate surface area is 117 Å². The van der Waals surface area contributed by atoms with Crippen LogP contribution in [-0.4, -0.2) is 25.8 Å². The molecule has 1 aliphatic heterocycles. The summed E-state index contributed by atoms with van der Waals surface area (Å²) >= 11 is 3.39. The molecule has 5 heteroatoms. The highest BCUT2D eigenvalue weighted by Gasteiger charge is 2.27. The van der Waals surface area contributed by atoms with Crippen molar-refractivity contribution in [2.24, 2.45) is 0 Å². The van der Waals surface area contributed by atoms with Gasteiger partial charge in [0.25, 0.3) is 0 Å². The van der Waals surface area contributed by atoms with Crippen molar-refractivity contribution in [3.63, 3.8) is 0 Å². The lowest BCUT2D eigenvalue weighted by Crippen LogP contribution is -2.36. The molecule has 1 aliphatic rings. The number of hydrogen-bond donors (Lipinski definition) is 0. The topological polar surface area (TPSA) is 37.4 Å². The molecule has 100 valence electrons. The third-order valence-electron chi connectivity index (χ3n) is 3.34. The number of sulfonamides is 1. The van der Waals surface area contributed by atoms with Crippen molar-refractivity contribution in [1.29, 1.82) is 0 Å². The van der Waals surface area contributed by atoms with Crippen LogP contribution < -0.4 is 0 Å². The van der Waals surface area contributed by atoms with Gasteiger partial charge in [0, 0.05) is 17.6 Å². The van der Waals surface area contributed by atoms with Gasteiger partial charge in [-0.1, -0.05) is 29.3 Å². The summed E-state index contributed by atoms with van der Waals surface area (Å²) in [6, 6.07) is 5.42. The molecule has 1 aromatic rings. The van der Waals surface area contributed by atoms with E-state index in [1.807, 2.05) is 13.0 Å². The largest absolute Gasteiger partial charge is 0.243 e. The van der Waals surface area contributed by atoms with Crippen LogP contribution in [0.3, 0.4) is 0 Å². The van der Waals surface area contributed by atoms with Gasteiger partial charge in [-0.05, 0) is 43.0 Å². The van der Waals surface area contributed by atoms with Gasteiger partial charge in [0.05, 0.1) is 4.90 Å². The van der Waals surface area contributed by atoms with Crippen LogP contribution in [0.2, 0.25) is 0 Å². The maximum absolute atomic E-state index is 12.6. The fraction of sp³-hybridized carbons (Fsp3) is 0.538. The van der Waals surface area contributed by atoms with E-state index in [-0.39, 0.29) is 0 Å². The van der Waals surface area contributed by atoms with Gasteiger partial charge in [-0.15, -0.1) is 0 Å². The third-order valence-corrected chi connectivity index (χ3v) is 5.83. The van der Waals surface area contributed by atoms with E-state index in [4.69, 9.17) is 0 Å². The minimum atomic E-state index is -3.31. The van der Waals surface area contributed by atoms with E-state index >= 15 is 0 Å². The van der Waals surface area contributed by atoms with Crippen molar-refractivity contribution in [1.82, 2.24) is 4.31 Å². The molecule has 1 saturated heterocycles. The molecule has 2 rings (SSSR count). The van der Waals surface area contributed by atoms with Crippen LogP contribution in [-0.2, 0) is 16.4 Å². The van der Waals surface area contributed by atoms with Gasteiger partial charge in [-0.25, -0.2) is 8.42 Å². The number of nitrogens with zero attached hydrogens (tertiary/aromatic N) is 1. The average molecular weight is 332 g/mol. The first-order valence-electron chi connectivity index (χ1n) is 6.34. The number of halogens is 1. The SMILES string of the molecule is CCc1cc(Br)ccc1S(=O)(=O)N1CCCCC1. The van der Waals surface area contributed by atoms with E-state index in [0.29, 0.717) is 18.0 Å². The lowest BCUT2D eigenvalue weighted by atomic mass is 10.2. The van der Waals surface area contributed by atoms with E-state index in [1.54, 1.807) is 16.4 Å². The molecular formula is C13H18BrNO2S. The maximum atomic E-state index is 12.6. The Bertz CT molecular complexity index is 522. The Morgan fingerprint density at radius 2 is 1.89 bits per heavy atom. The summed E-state index contributed by atoms with van der Waals surface area (Å²) in [5, 5.41) is 0. The molecule has 0 spiro atoms. The highest BCUT2D eigenvalue weighted by Crippen LogP contribution is 2.26. The second-order valence-electron chi connectivity index (χ2n) is 4.57. The first kappa shape index (κ1) is 14.0. The maximum Gasteiger partial charge on any atom is 0.243 e. The quantitative estimate of drug-likeness (QED) is 0.852. The third kappa shape index (κ3) is 2.78. The van der Waals surface area contributed by atoms with Crippen molar-refractivity contribution < 1.29 is 8.42 Å². The van der Waals surface area contributed by atoms with E-state index in [2.05, 4.69) is 15.9 Å². The van der Waals surface area contributed by atoms with Crippen LogP contribution in [0.1, 0.15) is 31.7 Å². The second kappa shape index (κ2) is 5.72. The van der Waals surface area contributed by atoms with E-state index in [1.165, 1.54) is 0 Å². The summed E-state index contributed by atoms with van der Waals surface area (Å²) in [5.74, 6) is 0. The van der Waals surface area contributed by atoms with E-state index in [0.717, 1.165) is 35.7 Å². The van der Waals surface area contributed by atoms with Crippen molar-refractivity contribution in [3.8, 4) is 0 Å². The van der Waals surface area contributed by atoms with Crippen LogP contribution in [0.5, 0.6) is 0 Å². The average Bonchev–Trinajstić information content (AvgIpc) is 2.39. The first-order valence-corrected chi connectivity index (χ1v) is 8.57. The molecule has 18 heavy (non-hydrogen) atoms. The molecule has 1 fully saturated rings. The highest BCUT2D eigenvalue weighted by molar-refractivity contribution is 9.10. The minimum Gasteiger partial charge on any atom is -0.207 e. The predicted octanol–water partition coefficient (Wildman–Crippen LogP) is 3.19. The number of hydrogen-bond acceptors (Lipinski definition) is 2. The van der Waals surface area contributed by atoms with Crippen LogP contribution in [0.4, 0.5) is 0 Å². The van der Waals surface area contributed by atoms with Gasteiger partial charge in [0.2, 0.25) is 10.0 Å². The van der Waals surface area contributed by atoms with Crippen molar-refractivity contribution in [2.75, 3.05) is 13.1 Å². The zero-order valence-corrected chi connectivity index (χ0v) is 12.9. The number of aryl methyl sites for hydroxylation is 1. The first-order chi connectivity index (χ1) is 8.55. The van der Waals surface area contributed by atoms with E-state index in [9.17, 15) is 8.42 Å². The summed E-state index contributed by atoms with van der Waals surface area (Å²) in [6.07, 6.45) is 3.79. The molecule has 0 N–H and O–H groups in total. The molecule has 0 aromatic heterocycles. The van der Waals surface area contributed by atoms with Crippen LogP contribution in [0, 0.1) is 0 Å². The summed E-state index contributed by atoms with van der Waals surface area (Å²) in [6.45, 7) is 3.29. The predicted molar refractivity (Wildman–Crippen MR) is 76.1 cm³/mol. The Balaban J connectivity index is 2.40. The number of benzene rings is 1. The van der Waals surface area contributed by atoms with Gasteiger partial charge in [0.15, 0.2) is 0 Å². The van der Waals surface area contributed by atoms with Gasteiger partial charge in [0.1, 0.15) is 0 Å². The molecule has 1 heterocycles. The molecule has 0 aliphatic carbocycles. The van der Waals surface area contributed by atoms with E-state index < -0.39 is 10.0 Å². The highest BCUT2D eigenvalue weighted by atomic mass is 79.9. The fourth-order valence-corrected chi connectivity index (χ4v) is 4.52. The summed E-state index contributed by atoms with van der Waals surface area (Å²) in [4.78, 5) is 0.468. The molecule has 0 atom stereocenters. The zero-order chi connectivity index (χ0) is 13.2. The summed E-state index contributed by atoms with van der Waals surface area (Å²) in [7, 11) is -3.31. The van der Waals surface area contributed by atoms with Crippen molar-refractivity contribution >= 4 is 26.0 Å². The van der Waals surface area contributed by atoms with Gasteiger partial charge in [-0.2, -0.15) is 4.31 Å². The van der Waals surface area contributed by atoms with Gasteiger partial charge >= 0.3 is 0 Å². The van der Waals surface area contributed by atoms with Crippen molar-refractivity contribution in [3.05, 3.63) is 28.2 Å². The Morgan fingerprint density at radius 3 is 2.50 bits per heavy atom. The van der Waals surface area contributed by atoms with Gasteiger partial charge < -0.3 is 0 Å². The van der Waals surface area contributed by atoms with Gasteiger partial charge in [-0.3, -0.25) is 0 Å². The van der Waals surface area contributed by atoms with Crippen LogP contribution >= 0.6 is 15.9 Å². The fourth-order valence-electron chi connectivity index (χ4n) is 2.32. The van der Waals surface area contributed by atoms with Crippen molar-refractivity contribution in [2.45, 2.75) is 37.5 Å². The molecule has 1 aromatic carbocycles. The smallest absolute Gasteiger partial charge is 0.207 e. The second-order valence-corrected chi connectivity index (χ2v) is 7.39. The molecule has 3 nitrogen and oxygen atoms in total.